The molecule has 0 saturated heterocycles. The lowest BCUT2D eigenvalue weighted by Gasteiger charge is -2.21. The van der Waals surface area contributed by atoms with Gasteiger partial charge in [0.05, 0.1) is 4.92 Å². The Hall–Kier alpha value is -2.47. The van der Waals surface area contributed by atoms with E-state index in [2.05, 4.69) is 43.4 Å². The standard InChI is InChI=1S/C18H21N3O2S/c1-13(2)15-6-4-14(5-7-15)12-20(3)18(24)19-16-8-10-17(11-9-16)21(22)23/h4-11,13H,12H2,1-3H3,(H,19,24). The lowest BCUT2D eigenvalue weighted by atomic mass is 10.0. The van der Waals surface area contributed by atoms with Crippen LogP contribution in [-0.4, -0.2) is 22.0 Å². The van der Waals surface area contributed by atoms with Crippen molar-refractivity contribution < 1.29 is 4.92 Å². The minimum atomic E-state index is -0.422. The third-order valence-corrected chi connectivity index (χ3v) is 4.16. The highest BCUT2D eigenvalue weighted by Gasteiger charge is 2.08. The van der Waals surface area contributed by atoms with Crippen LogP contribution >= 0.6 is 12.2 Å². The first-order chi connectivity index (χ1) is 11.4. The molecule has 2 rings (SSSR count). The fourth-order valence-electron chi connectivity index (χ4n) is 2.24. The zero-order valence-electron chi connectivity index (χ0n) is 14.0. The van der Waals surface area contributed by atoms with Gasteiger partial charge < -0.3 is 10.2 Å². The largest absolute Gasteiger partial charge is 0.348 e. The van der Waals surface area contributed by atoms with Crippen molar-refractivity contribution >= 4 is 28.7 Å². The van der Waals surface area contributed by atoms with E-state index >= 15 is 0 Å². The van der Waals surface area contributed by atoms with Gasteiger partial charge in [0.2, 0.25) is 0 Å². The molecule has 0 atom stereocenters. The zero-order chi connectivity index (χ0) is 17.7. The number of non-ortho nitro benzene ring substituents is 1. The smallest absolute Gasteiger partial charge is 0.269 e. The topological polar surface area (TPSA) is 58.4 Å². The highest BCUT2D eigenvalue weighted by molar-refractivity contribution is 7.80. The molecule has 0 fully saturated rings. The van der Waals surface area contributed by atoms with Crippen LogP contribution < -0.4 is 5.32 Å². The fourth-order valence-corrected chi connectivity index (χ4v) is 2.42. The normalized spacial score (nSPS) is 10.5. The summed E-state index contributed by atoms with van der Waals surface area (Å²) in [5, 5.41) is 14.3. The number of nitro benzene ring substituents is 1. The number of benzene rings is 2. The molecule has 5 nitrogen and oxygen atoms in total. The maximum Gasteiger partial charge on any atom is 0.269 e. The van der Waals surface area contributed by atoms with Gasteiger partial charge in [-0.05, 0) is 41.4 Å². The Labute approximate surface area is 147 Å². The molecule has 0 heterocycles. The molecule has 2 aromatic rings. The monoisotopic (exact) mass is 343 g/mol. The van der Waals surface area contributed by atoms with Crippen molar-refractivity contribution in [2.75, 3.05) is 12.4 Å². The van der Waals surface area contributed by atoms with Gasteiger partial charge in [-0.25, -0.2) is 0 Å². The first-order valence-corrected chi connectivity index (χ1v) is 8.13. The Morgan fingerprint density at radius 2 is 1.75 bits per heavy atom. The highest BCUT2D eigenvalue weighted by atomic mass is 32.1. The Bertz CT molecular complexity index is 712. The first kappa shape index (κ1) is 17.9. The number of hydrogen-bond acceptors (Lipinski definition) is 3. The van der Waals surface area contributed by atoms with Crippen molar-refractivity contribution in [1.29, 1.82) is 0 Å². The van der Waals surface area contributed by atoms with E-state index < -0.39 is 4.92 Å². The van der Waals surface area contributed by atoms with E-state index in [4.69, 9.17) is 12.2 Å². The van der Waals surface area contributed by atoms with Crippen LogP contribution in [0.4, 0.5) is 11.4 Å². The summed E-state index contributed by atoms with van der Waals surface area (Å²) in [7, 11) is 1.91. The van der Waals surface area contributed by atoms with Crippen LogP contribution in [0.3, 0.4) is 0 Å². The average molecular weight is 343 g/mol. The molecule has 0 saturated carbocycles. The van der Waals surface area contributed by atoms with Crippen molar-refractivity contribution in [1.82, 2.24) is 4.90 Å². The first-order valence-electron chi connectivity index (χ1n) is 7.72. The maximum absolute atomic E-state index is 10.7. The molecule has 0 bridgehead atoms. The fraction of sp³-hybridized carbons (Fsp3) is 0.278. The second-order valence-electron chi connectivity index (χ2n) is 5.99. The summed E-state index contributed by atoms with van der Waals surface area (Å²) in [6.07, 6.45) is 0. The Morgan fingerprint density at radius 1 is 1.17 bits per heavy atom. The van der Waals surface area contributed by atoms with Gasteiger partial charge in [0.25, 0.3) is 5.69 Å². The Kier molecular flexibility index (Phi) is 5.87. The SMILES string of the molecule is CC(C)c1ccc(CN(C)C(=S)Nc2ccc([N+](=O)[O-])cc2)cc1. The maximum atomic E-state index is 10.7. The number of nitrogens with zero attached hydrogens (tertiary/aromatic N) is 2. The van der Waals surface area contributed by atoms with E-state index in [1.807, 2.05) is 11.9 Å². The minimum absolute atomic E-state index is 0.0602. The molecular formula is C18H21N3O2S. The summed E-state index contributed by atoms with van der Waals surface area (Å²) in [5.41, 5.74) is 3.28. The number of hydrogen-bond donors (Lipinski definition) is 1. The molecule has 6 heteroatoms. The number of rotatable bonds is 5. The van der Waals surface area contributed by atoms with Crippen LogP contribution in [0.2, 0.25) is 0 Å². The highest BCUT2D eigenvalue weighted by Crippen LogP contribution is 2.17. The summed E-state index contributed by atoms with van der Waals surface area (Å²) in [6, 6.07) is 14.7. The Balaban J connectivity index is 1.95. The second kappa shape index (κ2) is 7.88. The zero-order valence-corrected chi connectivity index (χ0v) is 14.8. The van der Waals surface area contributed by atoms with Crippen molar-refractivity contribution in [3.8, 4) is 0 Å². The quantitative estimate of drug-likeness (QED) is 0.490. The summed E-state index contributed by atoms with van der Waals surface area (Å²) in [6.45, 7) is 5.03. The van der Waals surface area contributed by atoms with Gasteiger partial charge in [-0.3, -0.25) is 10.1 Å². The number of anilines is 1. The van der Waals surface area contributed by atoms with E-state index in [1.165, 1.54) is 23.3 Å². The average Bonchev–Trinajstić information content (AvgIpc) is 2.55. The van der Waals surface area contributed by atoms with E-state index in [9.17, 15) is 10.1 Å². The number of thiocarbonyl (C=S) groups is 1. The van der Waals surface area contributed by atoms with E-state index in [1.54, 1.807) is 12.1 Å². The van der Waals surface area contributed by atoms with E-state index in [0.717, 1.165) is 5.69 Å². The van der Waals surface area contributed by atoms with Crippen molar-refractivity contribution in [2.24, 2.45) is 0 Å². The van der Waals surface area contributed by atoms with Crippen LogP contribution in [0.15, 0.2) is 48.5 Å². The number of nitro groups is 1. The van der Waals surface area contributed by atoms with Gasteiger partial charge in [-0.2, -0.15) is 0 Å². The van der Waals surface area contributed by atoms with Gasteiger partial charge in [0.1, 0.15) is 0 Å². The summed E-state index contributed by atoms with van der Waals surface area (Å²) >= 11 is 5.39. The van der Waals surface area contributed by atoms with E-state index in [0.29, 0.717) is 17.6 Å². The molecule has 0 aliphatic carbocycles. The van der Waals surface area contributed by atoms with Gasteiger partial charge in [0, 0.05) is 31.4 Å². The predicted molar refractivity (Wildman–Crippen MR) is 101 cm³/mol. The lowest BCUT2D eigenvalue weighted by molar-refractivity contribution is -0.384. The van der Waals surface area contributed by atoms with Crippen molar-refractivity contribution in [3.05, 3.63) is 69.8 Å². The third-order valence-electron chi connectivity index (χ3n) is 3.74. The molecule has 0 aliphatic rings. The van der Waals surface area contributed by atoms with Gasteiger partial charge in [-0.15, -0.1) is 0 Å². The molecule has 0 aliphatic heterocycles. The van der Waals surface area contributed by atoms with Crippen LogP contribution in [0, 0.1) is 10.1 Å². The van der Waals surface area contributed by atoms with Gasteiger partial charge >= 0.3 is 0 Å². The van der Waals surface area contributed by atoms with Crippen molar-refractivity contribution in [3.63, 3.8) is 0 Å². The Morgan fingerprint density at radius 3 is 2.25 bits per heavy atom. The molecule has 0 radical (unpaired) electrons. The molecule has 0 aromatic heterocycles. The summed E-state index contributed by atoms with van der Waals surface area (Å²) < 4.78 is 0. The van der Waals surface area contributed by atoms with Gasteiger partial charge in [0.15, 0.2) is 5.11 Å². The lowest BCUT2D eigenvalue weighted by Crippen LogP contribution is -2.30. The minimum Gasteiger partial charge on any atom is -0.348 e. The molecule has 0 spiro atoms. The van der Waals surface area contributed by atoms with Crippen LogP contribution in [0.5, 0.6) is 0 Å². The van der Waals surface area contributed by atoms with Gasteiger partial charge in [-0.1, -0.05) is 38.1 Å². The number of nitrogens with one attached hydrogen (secondary N) is 1. The molecular weight excluding hydrogens is 322 g/mol. The third kappa shape index (κ3) is 4.76. The van der Waals surface area contributed by atoms with E-state index in [-0.39, 0.29) is 5.69 Å². The molecule has 0 amide bonds. The molecule has 1 N–H and O–H groups in total. The summed E-state index contributed by atoms with van der Waals surface area (Å²) in [4.78, 5) is 12.2. The van der Waals surface area contributed by atoms with Crippen molar-refractivity contribution in [2.45, 2.75) is 26.3 Å². The predicted octanol–water partition coefficient (Wildman–Crippen LogP) is 4.55. The van der Waals surface area contributed by atoms with Crippen LogP contribution in [0.1, 0.15) is 30.9 Å². The molecule has 126 valence electrons. The molecule has 2 aromatic carbocycles. The second-order valence-corrected chi connectivity index (χ2v) is 6.37. The molecule has 0 unspecified atom stereocenters. The van der Waals surface area contributed by atoms with Crippen LogP contribution in [-0.2, 0) is 6.54 Å². The van der Waals surface area contributed by atoms with Crippen LogP contribution in [0.25, 0.3) is 0 Å². The molecule has 24 heavy (non-hydrogen) atoms. The summed E-state index contributed by atoms with van der Waals surface area (Å²) in [5.74, 6) is 0.515.